The van der Waals surface area contributed by atoms with Crippen LogP contribution in [-0.4, -0.2) is 36.0 Å². The third-order valence-electron chi connectivity index (χ3n) is 2.38. The molecule has 1 heterocycles. The minimum atomic E-state index is 0.0722. The fourth-order valence-electron chi connectivity index (χ4n) is 1.69. The highest BCUT2D eigenvalue weighted by molar-refractivity contribution is 5.78. The van der Waals surface area contributed by atoms with E-state index in [2.05, 4.69) is 19.2 Å². The molecule has 3 nitrogen and oxygen atoms in total. The Morgan fingerprint density at radius 1 is 1.46 bits per heavy atom. The summed E-state index contributed by atoms with van der Waals surface area (Å²) in [6.45, 7) is 10.8. The van der Waals surface area contributed by atoms with Crippen LogP contribution in [0.3, 0.4) is 0 Å². The largest absolute Gasteiger partial charge is 0.339 e. The molecule has 1 N–H and O–H groups in total. The minimum Gasteiger partial charge on any atom is -0.339 e. The van der Waals surface area contributed by atoms with Gasteiger partial charge >= 0.3 is 0 Å². The Morgan fingerprint density at radius 2 is 2.08 bits per heavy atom. The molecule has 0 bridgehead atoms. The molecule has 13 heavy (non-hydrogen) atoms. The van der Waals surface area contributed by atoms with E-state index in [1.54, 1.807) is 0 Å². The van der Waals surface area contributed by atoms with Gasteiger partial charge in [-0.05, 0) is 13.8 Å². The van der Waals surface area contributed by atoms with Crippen molar-refractivity contribution < 1.29 is 4.79 Å². The van der Waals surface area contributed by atoms with Gasteiger partial charge in [0.2, 0.25) is 5.91 Å². The molecule has 76 valence electrons. The fraction of sp³-hybridized carbons (Fsp3) is 0.900. The quantitative estimate of drug-likeness (QED) is 0.655. The van der Waals surface area contributed by atoms with E-state index in [1.807, 2.05) is 18.7 Å². The van der Waals surface area contributed by atoms with Crippen LogP contribution in [0, 0.1) is 5.92 Å². The molecule has 1 fully saturated rings. The van der Waals surface area contributed by atoms with Gasteiger partial charge in [-0.2, -0.15) is 0 Å². The molecule has 1 saturated heterocycles. The number of piperazine rings is 1. The third kappa shape index (κ3) is 2.69. The van der Waals surface area contributed by atoms with E-state index >= 15 is 0 Å². The summed E-state index contributed by atoms with van der Waals surface area (Å²) >= 11 is 0. The fourth-order valence-corrected chi connectivity index (χ4v) is 1.69. The summed E-state index contributed by atoms with van der Waals surface area (Å²) in [6.07, 6.45) is 0. The van der Waals surface area contributed by atoms with Crippen molar-refractivity contribution in [2.75, 3.05) is 19.6 Å². The first-order valence-electron chi connectivity index (χ1n) is 4.96. The number of carbonyl (C=O) groups is 1. The molecular formula is C10H20N2O. The Balaban J connectivity index is 2.57. The van der Waals surface area contributed by atoms with Crippen LogP contribution in [0.2, 0.25) is 0 Å². The monoisotopic (exact) mass is 184 g/mol. The Hall–Kier alpha value is -0.570. The summed E-state index contributed by atoms with van der Waals surface area (Å²) in [6, 6.07) is 0. The molecule has 1 aliphatic rings. The van der Waals surface area contributed by atoms with E-state index in [9.17, 15) is 4.79 Å². The van der Waals surface area contributed by atoms with Gasteiger partial charge in [-0.15, -0.1) is 0 Å². The SMILES string of the molecule is CC(C)C(=O)N1CCNC(C)(C)C1. The van der Waals surface area contributed by atoms with Crippen LogP contribution in [0.5, 0.6) is 0 Å². The highest BCUT2D eigenvalue weighted by Crippen LogP contribution is 2.12. The molecule has 0 spiro atoms. The molecular weight excluding hydrogens is 164 g/mol. The van der Waals surface area contributed by atoms with E-state index in [1.165, 1.54) is 0 Å². The molecule has 1 amide bonds. The molecule has 0 radical (unpaired) electrons. The maximum Gasteiger partial charge on any atom is 0.225 e. The van der Waals surface area contributed by atoms with Crippen LogP contribution in [0.1, 0.15) is 27.7 Å². The second-order valence-corrected chi connectivity index (χ2v) is 4.73. The normalized spacial score (nSPS) is 22.1. The first-order valence-corrected chi connectivity index (χ1v) is 4.96. The number of hydrogen-bond acceptors (Lipinski definition) is 2. The van der Waals surface area contributed by atoms with Crippen LogP contribution in [0.4, 0.5) is 0 Å². The number of rotatable bonds is 1. The van der Waals surface area contributed by atoms with Gasteiger partial charge in [0.1, 0.15) is 0 Å². The van der Waals surface area contributed by atoms with E-state index in [4.69, 9.17) is 0 Å². The topological polar surface area (TPSA) is 32.3 Å². The van der Waals surface area contributed by atoms with Crippen LogP contribution in [0.25, 0.3) is 0 Å². The van der Waals surface area contributed by atoms with Crippen molar-refractivity contribution in [3.63, 3.8) is 0 Å². The molecule has 1 aliphatic heterocycles. The van der Waals surface area contributed by atoms with Gasteiger partial charge in [-0.3, -0.25) is 4.79 Å². The molecule has 0 aromatic rings. The van der Waals surface area contributed by atoms with Gasteiger partial charge in [0, 0.05) is 31.1 Å². The highest BCUT2D eigenvalue weighted by atomic mass is 16.2. The first-order chi connectivity index (χ1) is 5.92. The first kappa shape index (κ1) is 10.5. The van der Waals surface area contributed by atoms with E-state index < -0.39 is 0 Å². The van der Waals surface area contributed by atoms with Gasteiger partial charge in [0.25, 0.3) is 0 Å². The zero-order valence-electron chi connectivity index (χ0n) is 9.05. The van der Waals surface area contributed by atoms with E-state index in [-0.39, 0.29) is 17.4 Å². The molecule has 0 unspecified atom stereocenters. The predicted molar refractivity (Wildman–Crippen MR) is 53.5 cm³/mol. The summed E-state index contributed by atoms with van der Waals surface area (Å²) in [7, 11) is 0. The second kappa shape index (κ2) is 3.66. The van der Waals surface area contributed by atoms with Crippen LogP contribution >= 0.6 is 0 Å². The van der Waals surface area contributed by atoms with Gasteiger partial charge in [-0.1, -0.05) is 13.8 Å². The lowest BCUT2D eigenvalue weighted by atomic mass is 10.0. The van der Waals surface area contributed by atoms with Crippen molar-refractivity contribution in [2.24, 2.45) is 5.92 Å². The zero-order valence-corrected chi connectivity index (χ0v) is 9.05. The zero-order chi connectivity index (χ0) is 10.1. The molecule has 0 aromatic heterocycles. The Kier molecular flexibility index (Phi) is 2.96. The lowest BCUT2D eigenvalue weighted by Gasteiger charge is -2.39. The Bertz CT molecular complexity index is 199. The lowest BCUT2D eigenvalue weighted by molar-refractivity contribution is -0.136. The van der Waals surface area contributed by atoms with Gasteiger partial charge in [0.05, 0.1) is 0 Å². The number of nitrogens with zero attached hydrogens (tertiary/aromatic N) is 1. The molecule has 0 atom stereocenters. The van der Waals surface area contributed by atoms with E-state index in [0.717, 1.165) is 19.6 Å². The number of carbonyl (C=O) groups excluding carboxylic acids is 1. The van der Waals surface area contributed by atoms with Crippen molar-refractivity contribution >= 4 is 5.91 Å². The van der Waals surface area contributed by atoms with Crippen LogP contribution in [-0.2, 0) is 4.79 Å². The summed E-state index contributed by atoms with van der Waals surface area (Å²) in [5.74, 6) is 0.392. The average molecular weight is 184 g/mol. The molecule has 0 aliphatic carbocycles. The maximum absolute atomic E-state index is 11.7. The smallest absolute Gasteiger partial charge is 0.225 e. The van der Waals surface area contributed by atoms with Crippen LogP contribution in [0.15, 0.2) is 0 Å². The number of hydrogen-bond donors (Lipinski definition) is 1. The van der Waals surface area contributed by atoms with Gasteiger partial charge in [-0.25, -0.2) is 0 Å². The Labute approximate surface area is 80.5 Å². The minimum absolute atomic E-state index is 0.0722. The van der Waals surface area contributed by atoms with Crippen LogP contribution < -0.4 is 5.32 Å². The molecule has 3 heteroatoms. The molecule has 1 rings (SSSR count). The van der Waals surface area contributed by atoms with Crippen molar-refractivity contribution in [1.29, 1.82) is 0 Å². The summed E-state index contributed by atoms with van der Waals surface area (Å²) in [4.78, 5) is 13.6. The van der Waals surface area contributed by atoms with Gasteiger partial charge in [0.15, 0.2) is 0 Å². The number of amides is 1. The van der Waals surface area contributed by atoms with Crippen molar-refractivity contribution in [3.05, 3.63) is 0 Å². The Morgan fingerprint density at radius 3 is 2.54 bits per heavy atom. The molecule has 0 saturated carbocycles. The second-order valence-electron chi connectivity index (χ2n) is 4.73. The highest BCUT2D eigenvalue weighted by Gasteiger charge is 2.29. The van der Waals surface area contributed by atoms with Gasteiger partial charge < -0.3 is 10.2 Å². The van der Waals surface area contributed by atoms with Crippen molar-refractivity contribution in [2.45, 2.75) is 33.2 Å². The average Bonchev–Trinajstić information content (AvgIpc) is 2.01. The third-order valence-corrected chi connectivity index (χ3v) is 2.38. The number of nitrogens with one attached hydrogen (secondary N) is 1. The van der Waals surface area contributed by atoms with E-state index in [0.29, 0.717) is 0 Å². The maximum atomic E-state index is 11.7. The summed E-state index contributed by atoms with van der Waals surface area (Å²) in [5, 5.41) is 3.39. The lowest BCUT2D eigenvalue weighted by Crippen LogP contribution is -2.59. The summed E-state index contributed by atoms with van der Waals surface area (Å²) in [5.41, 5.74) is 0.0722. The van der Waals surface area contributed by atoms with Crippen molar-refractivity contribution in [1.82, 2.24) is 10.2 Å². The van der Waals surface area contributed by atoms with Crippen molar-refractivity contribution in [3.8, 4) is 0 Å². The summed E-state index contributed by atoms with van der Waals surface area (Å²) < 4.78 is 0. The molecule has 0 aromatic carbocycles. The predicted octanol–water partition coefficient (Wildman–Crippen LogP) is 0.853. The standard InChI is InChI=1S/C10H20N2O/c1-8(2)9(13)12-6-5-11-10(3,4)7-12/h8,11H,5-7H2,1-4H3.